The minimum atomic E-state index is 0.449. The van der Waals surface area contributed by atoms with Gasteiger partial charge in [-0.05, 0) is 60.6 Å². The van der Waals surface area contributed by atoms with E-state index in [1.54, 1.807) is 0 Å². The van der Waals surface area contributed by atoms with Crippen LogP contribution in [0.1, 0.15) is 41.6 Å². The van der Waals surface area contributed by atoms with Gasteiger partial charge < -0.3 is 5.32 Å². The van der Waals surface area contributed by atoms with Crippen LogP contribution in [0.15, 0.2) is 40.9 Å². The molecular formula is C18H20BrN. The molecule has 1 nitrogen and oxygen atoms in total. The Morgan fingerprint density at radius 2 is 2.10 bits per heavy atom. The number of anilines is 1. The number of nitrogens with one attached hydrogen (secondary N) is 1. The highest BCUT2D eigenvalue weighted by atomic mass is 79.9. The van der Waals surface area contributed by atoms with Crippen molar-refractivity contribution >= 4 is 21.6 Å². The summed E-state index contributed by atoms with van der Waals surface area (Å²) >= 11 is 3.57. The normalized spacial score (nSPS) is 17.1. The first-order valence-electron chi connectivity index (χ1n) is 7.32. The molecule has 0 spiro atoms. The van der Waals surface area contributed by atoms with E-state index >= 15 is 0 Å². The Morgan fingerprint density at radius 3 is 2.90 bits per heavy atom. The van der Waals surface area contributed by atoms with Gasteiger partial charge in [-0.25, -0.2) is 0 Å². The fourth-order valence-corrected chi connectivity index (χ4v) is 3.55. The van der Waals surface area contributed by atoms with Crippen molar-refractivity contribution in [3.63, 3.8) is 0 Å². The summed E-state index contributed by atoms with van der Waals surface area (Å²) in [6.45, 7) is 4.42. The van der Waals surface area contributed by atoms with Crippen molar-refractivity contribution in [2.24, 2.45) is 0 Å². The Bertz CT molecular complexity index is 633. The Balaban J connectivity index is 1.91. The summed E-state index contributed by atoms with van der Waals surface area (Å²) in [7, 11) is 0. The molecule has 20 heavy (non-hydrogen) atoms. The first kappa shape index (κ1) is 13.7. The number of benzene rings is 2. The summed E-state index contributed by atoms with van der Waals surface area (Å²) in [5.41, 5.74) is 7.02. The summed E-state index contributed by atoms with van der Waals surface area (Å²) in [5.74, 6) is 0. The Hall–Kier alpha value is -1.28. The van der Waals surface area contributed by atoms with Crippen LogP contribution >= 0.6 is 15.9 Å². The van der Waals surface area contributed by atoms with Gasteiger partial charge in [0.25, 0.3) is 0 Å². The number of hydrogen-bond donors (Lipinski definition) is 1. The maximum atomic E-state index is 3.79. The van der Waals surface area contributed by atoms with Crippen molar-refractivity contribution in [1.82, 2.24) is 0 Å². The van der Waals surface area contributed by atoms with Crippen LogP contribution in [0.3, 0.4) is 0 Å². The summed E-state index contributed by atoms with van der Waals surface area (Å²) in [4.78, 5) is 0. The second-order valence-corrected chi connectivity index (χ2v) is 6.46. The lowest BCUT2D eigenvalue weighted by atomic mass is 10.0. The maximum Gasteiger partial charge on any atom is 0.0519 e. The molecule has 0 aliphatic heterocycles. The second-order valence-electron chi connectivity index (χ2n) is 5.54. The molecule has 2 aromatic rings. The molecule has 2 aromatic carbocycles. The molecule has 104 valence electrons. The number of rotatable bonds is 3. The highest BCUT2D eigenvalue weighted by molar-refractivity contribution is 9.10. The van der Waals surface area contributed by atoms with Gasteiger partial charge in [0.15, 0.2) is 0 Å². The van der Waals surface area contributed by atoms with Gasteiger partial charge in [-0.3, -0.25) is 0 Å². The average molecular weight is 330 g/mol. The Kier molecular flexibility index (Phi) is 3.84. The molecule has 0 aromatic heterocycles. The van der Waals surface area contributed by atoms with E-state index in [4.69, 9.17) is 0 Å². The summed E-state index contributed by atoms with van der Waals surface area (Å²) < 4.78 is 1.18. The number of hydrogen-bond acceptors (Lipinski definition) is 1. The van der Waals surface area contributed by atoms with E-state index in [1.165, 1.54) is 45.3 Å². The number of para-hydroxylation sites is 1. The van der Waals surface area contributed by atoms with Gasteiger partial charge in [-0.1, -0.05) is 47.1 Å². The van der Waals surface area contributed by atoms with E-state index in [0.717, 1.165) is 6.42 Å². The van der Waals surface area contributed by atoms with E-state index < -0.39 is 0 Å². The molecule has 1 N–H and O–H groups in total. The monoisotopic (exact) mass is 329 g/mol. The fourth-order valence-electron chi connectivity index (χ4n) is 3.14. The predicted molar refractivity (Wildman–Crippen MR) is 89.4 cm³/mol. The van der Waals surface area contributed by atoms with Gasteiger partial charge in [-0.15, -0.1) is 0 Å². The molecule has 0 fully saturated rings. The van der Waals surface area contributed by atoms with Gasteiger partial charge in [0, 0.05) is 10.2 Å². The minimum absolute atomic E-state index is 0.449. The molecule has 0 saturated heterocycles. The predicted octanol–water partition coefficient (Wildman–Crippen LogP) is 5.42. The van der Waals surface area contributed by atoms with Gasteiger partial charge in [-0.2, -0.15) is 0 Å². The fraction of sp³-hybridized carbons (Fsp3) is 0.333. The van der Waals surface area contributed by atoms with E-state index in [-0.39, 0.29) is 0 Å². The lowest BCUT2D eigenvalue weighted by Gasteiger charge is -2.20. The highest BCUT2D eigenvalue weighted by Crippen LogP contribution is 2.36. The van der Waals surface area contributed by atoms with Crippen LogP contribution in [0.25, 0.3) is 0 Å². The third-order valence-electron chi connectivity index (χ3n) is 4.24. The molecule has 0 bridgehead atoms. The van der Waals surface area contributed by atoms with Crippen molar-refractivity contribution < 1.29 is 0 Å². The first-order valence-corrected chi connectivity index (χ1v) is 8.11. The zero-order chi connectivity index (χ0) is 14.1. The molecule has 1 unspecified atom stereocenters. The number of halogens is 1. The summed E-state index contributed by atoms with van der Waals surface area (Å²) in [5, 5.41) is 3.79. The second kappa shape index (κ2) is 5.61. The van der Waals surface area contributed by atoms with Crippen molar-refractivity contribution in [1.29, 1.82) is 0 Å². The molecular weight excluding hydrogens is 310 g/mol. The van der Waals surface area contributed by atoms with Crippen LogP contribution in [-0.2, 0) is 12.8 Å². The SMILES string of the molecule is CCc1cccc(C)c1NC1CCc2cc(Br)ccc21. The zero-order valence-corrected chi connectivity index (χ0v) is 13.6. The van der Waals surface area contributed by atoms with Crippen LogP contribution in [0.5, 0.6) is 0 Å². The van der Waals surface area contributed by atoms with E-state index in [9.17, 15) is 0 Å². The lowest BCUT2D eigenvalue weighted by molar-refractivity contribution is 0.759. The van der Waals surface area contributed by atoms with Crippen molar-refractivity contribution in [2.75, 3.05) is 5.32 Å². The quantitative estimate of drug-likeness (QED) is 0.792. The third-order valence-corrected chi connectivity index (χ3v) is 4.73. The van der Waals surface area contributed by atoms with Gasteiger partial charge >= 0.3 is 0 Å². The molecule has 0 saturated carbocycles. The maximum absolute atomic E-state index is 3.79. The van der Waals surface area contributed by atoms with Crippen LogP contribution in [-0.4, -0.2) is 0 Å². The Morgan fingerprint density at radius 1 is 1.25 bits per heavy atom. The van der Waals surface area contributed by atoms with Crippen LogP contribution < -0.4 is 5.32 Å². The van der Waals surface area contributed by atoms with E-state index in [0.29, 0.717) is 6.04 Å². The van der Waals surface area contributed by atoms with Crippen molar-refractivity contribution in [2.45, 2.75) is 39.2 Å². The molecule has 0 amide bonds. The zero-order valence-electron chi connectivity index (χ0n) is 12.0. The van der Waals surface area contributed by atoms with E-state index in [2.05, 4.69) is 71.5 Å². The van der Waals surface area contributed by atoms with Gasteiger partial charge in [0.2, 0.25) is 0 Å². The topological polar surface area (TPSA) is 12.0 Å². The molecule has 2 heteroatoms. The summed E-state index contributed by atoms with van der Waals surface area (Å²) in [6, 6.07) is 13.7. The molecule has 1 aliphatic rings. The van der Waals surface area contributed by atoms with Crippen molar-refractivity contribution in [3.8, 4) is 0 Å². The average Bonchev–Trinajstić information content (AvgIpc) is 2.83. The van der Waals surface area contributed by atoms with Crippen LogP contribution in [0, 0.1) is 6.92 Å². The highest BCUT2D eigenvalue weighted by Gasteiger charge is 2.23. The van der Waals surface area contributed by atoms with Gasteiger partial charge in [0.05, 0.1) is 6.04 Å². The third kappa shape index (κ3) is 2.49. The van der Waals surface area contributed by atoms with Gasteiger partial charge in [0.1, 0.15) is 0 Å². The molecule has 1 atom stereocenters. The summed E-state index contributed by atoms with van der Waals surface area (Å²) in [6.07, 6.45) is 3.42. The molecule has 0 radical (unpaired) electrons. The Labute approximate surface area is 129 Å². The standard InChI is InChI=1S/C18H20BrN/c1-3-13-6-4-5-12(2)18(13)20-17-10-7-14-11-15(19)8-9-16(14)17/h4-6,8-9,11,17,20H,3,7,10H2,1-2H3. The molecule has 3 rings (SSSR count). The first-order chi connectivity index (χ1) is 9.69. The number of fused-ring (bicyclic) bond motifs is 1. The largest absolute Gasteiger partial charge is 0.378 e. The minimum Gasteiger partial charge on any atom is -0.378 e. The van der Waals surface area contributed by atoms with Crippen LogP contribution in [0.4, 0.5) is 5.69 Å². The van der Waals surface area contributed by atoms with E-state index in [1.807, 2.05) is 0 Å². The molecule has 1 aliphatic carbocycles. The lowest BCUT2D eigenvalue weighted by Crippen LogP contribution is -2.10. The number of aryl methyl sites for hydroxylation is 3. The van der Waals surface area contributed by atoms with Crippen LogP contribution in [0.2, 0.25) is 0 Å². The molecule has 0 heterocycles. The van der Waals surface area contributed by atoms with Crippen molar-refractivity contribution in [3.05, 3.63) is 63.1 Å². The smallest absolute Gasteiger partial charge is 0.0519 e.